The second-order valence-corrected chi connectivity index (χ2v) is 3.53. The molecule has 1 aromatic rings. The third-order valence-corrected chi connectivity index (χ3v) is 2.60. The van der Waals surface area contributed by atoms with E-state index in [2.05, 4.69) is 0 Å². The molecule has 1 aliphatic carbocycles. The van der Waals surface area contributed by atoms with Gasteiger partial charge in [-0.05, 0) is 17.2 Å². The highest BCUT2D eigenvalue weighted by Gasteiger charge is 2.25. The quantitative estimate of drug-likeness (QED) is 0.494. The van der Waals surface area contributed by atoms with Crippen LogP contribution in [-0.4, -0.2) is 22.4 Å². The van der Waals surface area contributed by atoms with E-state index in [-0.39, 0.29) is 0 Å². The predicted octanol–water partition coefficient (Wildman–Crippen LogP) is 0.0892. The SMILES string of the molecule is Nc1cccc2c1C[C@@H](O)[C@H](O)C2. The summed E-state index contributed by atoms with van der Waals surface area (Å²) in [5.41, 5.74) is 8.51. The average Bonchev–Trinajstić information content (AvgIpc) is 2.09. The van der Waals surface area contributed by atoms with Crippen LogP contribution in [0.25, 0.3) is 0 Å². The van der Waals surface area contributed by atoms with Crippen LogP contribution in [-0.2, 0) is 12.8 Å². The number of rotatable bonds is 0. The van der Waals surface area contributed by atoms with Crippen LogP contribution in [0.1, 0.15) is 11.1 Å². The van der Waals surface area contributed by atoms with E-state index in [4.69, 9.17) is 5.73 Å². The van der Waals surface area contributed by atoms with Gasteiger partial charge in [-0.25, -0.2) is 0 Å². The Kier molecular flexibility index (Phi) is 1.98. The molecule has 1 aromatic carbocycles. The van der Waals surface area contributed by atoms with E-state index in [1.54, 1.807) is 0 Å². The molecule has 2 rings (SSSR count). The van der Waals surface area contributed by atoms with E-state index >= 15 is 0 Å². The summed E-state index contributed by atoms with van der Waals surface area (Å²) >= 11 is 0. The number of aliphatic hydroxyl groups excluding tert-OH is 2. The molecular weight excluding hydrogens is 166 g/mol. The summed E-state index contributed by atoms with van der Waals surface area (Å²) < 4.78 is 0. The molecule has 0 aliphatic heterocycles. The van der Waals surface area contributed by atoms with Crippen LogP contribution in [0.5, 0.6) is 0 Å². The van der Waals surface area contributed by atoms with E-state index in [0.717, 1.165) is 11.1 Å². The van der Waals surface area contributed by atoms with Crippen molar-refractivity contribution in [3.63, 3.8) is 0 Å². The predicted molar refractivity (Wildman–Crippen MR) is 50.3 cm³/mol. The summed E-state index contributed by atoms with van der Waals surface area (Å²) in [6.45, 7) is 0. The number of anilines is 1. The third-order valence-electron chi connectivity index (χ3n) is 2.60. The molecule has 70 valence electrons. The first-order valence-corrected chi connectivity index (χ1v) is 4.41. The molecule has 0 amide bonds. The maximum atomic E-state index is 9.44. The molecule has 4 N–H and O–H groups in total. The number of hydrogen-bond acceptors (Lipinski definition) is 3. The standard InChI is InChI=1S/C10H13NO2/c11-8-3-1-2-6-4-9(12)10(13)5-7(6)8/h1-3,9-10,12-13H,4-5,11H2/t9-,10-/m1/s1. The molecule has 13 heavy (non-hydrogen) atoms. The van der Waals surface area contributed by atoms with E-state index in [9.17, 15) is 10.2 Å². The largest absolute Gasteiger partial charge is 0.398 e. The van der Waals surface area contributed by atoms with Crippen molar-refractivity contribution in [2.24, 2.45) is 0 Å². The highest BCUT2D eigenvalue weighted by molar-refractivity contribution is 5.52. The van der Waals surface area contributed by atoms with Gasteiger partial charge in [-0.2, -0.15) is 0 Å². The first-order chi connectivity index (χ1) is 6.18. The molecule has 0 aromatic heterocycles. The lowest BCUT2D eigenvalue weighted by Gasteiger charge is -2.26. The number of benzene rings is 1. The summed E-state index contributed by atoms with van der Waals surface area (Å²) in [5, 5.41) is 18.9. The van der Waals surface area contributed by atoms with Crippen molar-refractivity contribution < 1.29 is 10.2 Å². The summed E-state index contributed by atoms with van der Waals surface area (Å²) in [6, 6.07) is 5.64. The van der Waals surface area contributed by atoms with Gasteiger partial charge in [-0.3, -0.25) is 0 Å². The van der Waals surface area contributed by atoms with Crippen LogP contribution < -0.4 is 5.73 Å². The van der Waals surface area contributed by atoms with Gasteiger partial charge in [0.1, 0.15) is 0 Å². The van der Waals surface area contributed by atoms with Crippen molar-refractivity contribution in [1.29, 1.82) is 0 Å². The zero-order valence-electron chi connectivity index (χ0n) is 7.27. The average molecular weight is 179 g/mol. The molecule has 0 unspecified atom stereocenters. The molecule has 0 saturated heterocycles. The van der Waals surface area contributed by atoms with Gasteiger partial charge in [0.15, 0.2) is 0 Å². The molecular formula is C10H13NO2. The van der Waals surface area contributed by atoms with Crippen molar-refractivity contribution in [3.8, 4) is 0 Å². The Labute approximate surface area is 76.8 Å². The van der Waals surface area contributed by atoms with E-state index in [1.807, 2.05) is 18.2 Å². The fourth-order valence-electron chi connectivity index (χ4n) is 1.80. The van der Waals surface area contributed by atoms with Crippen molar-refractivity contribution in [1.82, 2.24) is 0 Å². The fraction of sp³-hybridized carbons (Fsp3) is 0.400. The van der Waals surface area contributed by atoms with Crippen molar-refractivity contribution in [2.75, 3.05) is 5.73 Å². The summed E-state index contributed by atoms with van der Waals surface area (Å²) in [5.74, 6) is 0. The Balaban J connectivity index is 2.42. The van der Waals surface area contributed by atoms with Gasteiger partial charge in [0.05, 0.1) is 12.2 Å². The van der Waals surface area contributed by atoms with Crippen molar-refractivity contribution >= 4 is 5.69 Å². The first-order valence-electron chi connectivity index (χ1n) is 4.41. The second kappa shape index (κ2) is 3.01. The molecule has 0 fully saturated rings. The highest BCUT2D eigenvalue weighted by Crippen LogP contribution is 2.26. The van der Waals surface area contributed by atoms with E-state index in [0.29, 0.717) is 18.5 Å². The third kappa shape index (κ3) is 1.41. The molecule has 0 saturated carbocycles. The molecule has 2 atom stereocenters. The van der Waals surface area contributed by atoms with Crippen LogP contribution in [0.15, 0.2) is 18.2 Å². The monoisotopic (exact) mass is 179 g/mol. The summed E-state index contributed by atoms with van der Waals surface area (Å²) in [6.07, 6.45) is -0.350. The zero-order chi connectivity index (χ0) is 9.42. The van der Waals surface area contributed by atoms with Crippen LogP contribution in [0.3, 0.4) is 0 Å². The number of nitrogens with two attached hydrogens (primary N) is 1. The molecule has 3 nitrogen and oxygen atoms in total. The van der Waals surface area contributed by atoms with Crippen LogP contribution in [0, 0.1) is 0 Å². The Morgan fingerprint density at radius 3 is 2.62 bits per heavy atom. The van der Waals surface area contributed by atoms with Gasteiger partial charge >= 0.3 is 0 Å². The molecule has 0 heterocycles. The normalized spacial score (nSPS) is 26.9. The lowest BCUT2D eigenvalue weighted by molar-refractivity contribution is 0.0143. The molecule has 1 aliphatic rings. The number of fused-ring (bicyclic) bond motifs is 1. The minimum absolute atomic E-state index is 0.461. The van der Waals surface area contributed by atoms with Crippen LogP contribution in [0.4, 0.5) is 5.69 Å². The lowest BCUT2D eigenvalue weighted by atomic mass is 9.87. The van der Waals surface area contributed by atoms with Gasteiger partial charge in [-0.1, -0.05) is 12.1 Å². The summed E-state index contributed by atoms with van der Waals surface area (Å²) in [4.78, 5) is 0. The number of aliphatic hydroxyl groups is 2. The maximum absolute atomic E-state index is 9.44. The molecule has 0 spiro atoms. The minimum Gasteiger partial charge on any atom is -0.398 e. The molecule has 0 radical (unpaired) electrons. The van der Waals surface area contributed by atoms with Crippen molar-refractivity contribution in [2.45, 2.75) is 25.0 Å². The topological polar surface area (TPSA) is 66.5 Å². The Hall–Kier alpha value is -1.06. The molecule has 0 bridgehead atoms. The molecule has 3 heteroatoms. The Bertz CT molecular complexity index is 325. The maximum Gasteiger partial charge on any atom is 0.0843 e. The van der Waals surface area contributed by atoms with E-state index < -0.39 is 12.2 Å². The first kappa shape index (κ1) is 8.53. The summed E-state index contributed by atoms with van der Waals surface area (Å²) in [7, 11) is 0. The highest BCUT2D eigenvalue weighted by atomic mass is 16.3. The van der Waals surface area contributed by atoms with E-state index in [1.165, 1.54) is 0 Å². The van der Waals surface area contributed by atoms with Crippen LogP contribution in [0.2, 0.25) is 0 Å². The Morgan fingerprint density at radius 1 is 1.15 bits per heavy atom. The number of hydrogen-bond donors (Lipinski definition) is 3. The van der Waals surface area contributed by atoms with Crippen molar-refractivity contribution in [3.05, 3.63) is 29.3 Å². The minimum atomic E-state index is -0.669. The Morgan fingerprint density at radius 2 is 1.85 bits per heavy atom. The number of nitrogen functional groups attached to an aromatic ring is 1. The lowest BCUT2D eigenvalue weighted by Crippen LogP contribution is -2.34. The fourth-order valence-corrected chi connectivity index (χ4v) is 1.80. The van der Waals surface area contributed by atoms with Gasteiger partial charge in [0.25, 0.3) is 0 Å². The van der Waals surface area contributed by atoms with Gasteiger partial charge < -0.3 is 15.9 Å². The van der Waals surface area contributed by atoms with Crippen LogP contribution >= 0.6 is 0 Å². The zero-order valence-corrected chi connectivity index (χ0v) is 7.27. The van der Waals surface area contributed by atoms with Gasteiger partial charge in [-0.15, -0.1) is 0 Å². The van der Waals surface area contributed by atoms with Gasteiger partial charge in [0, 0.05) is 18.5 Å². The smallest absolute Gasteiger partial charge is 0.0843 e. The second-order valence-electron chi connectivity index (χ2n) is 3.53. The van der Waals surface area contributed by atoms with Gasteiger partial charge in [0.2, 0.25) is 0 Å².